The third kappa shape index (κ3) is 25.6. The Morgan fingerprint density at radius 2 is 0.475 bits per heavy atom. The fraction of sp³-hybridized carbons (Fsp3) is 0.935. The Hall–Kier alpha value is 1.15. The van der Waals surface area contributed by atoms with E-state index in [4.69, 9.17) is 30.6 Å². The molecule has 0 spiro atoms. The first kappa shape index (κ1) is 64.2. The van der Waals surface area contributed by atoms with Gasteiger partial charge in [-0.25, -0.2) is 0 Å². The van der Waals surface area contributed by atoms with Crippen LogP contribution in [0, 0.1) is 74.0 Å². The van der Waals surface area contributed by atoms with Crippen molar-refractivity contribution in [2.45, 2.75) is 69.2 Å². The van der Waals surface area contributed by atoms with Crippen molar-refractivity contribution in [2.75, 3.05) is 61.8 Å². The third-order valence-corrected chi connectivity index (χ3v) is 9.26. The summed E-state index contributed by atoms with van der Waals surface area (Å²) in [5.41, 5.74) is 0. The molecule has 0 aromatic heterocycles. The average Bonchev–Trinajstić information content (AvgIpc) is 3.19. The van der Waals surface area contributed by atoms with Gasteiger partial charge in [-0.2, -0.15) is 0 Å². The maximum atomic E-state index is 8.34. The van der Waals surface area contributed by atoms with Gasteiger partial charge >= 0.3 is 0 Å². The molecule has 250 valence electrons. The summed E-state index contributed by atoms with van der Waals surface area (Å²) in [7, 11) is 5.85. The molecular formula is C31H75NO6Ti2-2. The summed E-state index contributed by atoms with van der Waals surface area (Å²) in [6, 6.07) is 0. The van der Waals surface area contributed by atoms with E-state index >= 15 is 0 Å². The molecule has 2 aliphatic carbocycles. The summed E-state index contributed by atoms with van der Waals surface area (Å²) < 4.78 is 0. The SMILES string of the molecule is CC1C(C)C(C)C(C)C1C.CC1C(C)C(C)C(C)C1C.CN(CCO)CCO.CO.CO.CO.CO.[CH3-].[CH3-].[Ti].[Ti]. The second-order valence-corrected chi connectivity index (χ2v) is 10.3. The van der Waals surface area contributed by atoms with Gasteiger partial charge in [-0.1, -0.05) is 69.2 Å². The predicted molar refractivity (Wildman–Crippen MR) is 169 cm³/mol. The van der Waals surface area contributed by atoms with E-state index in [1.807, 2.05) is 11.9 Å². The number of nitrogens with zero attached hydrogens (tertiary/aromatic N) is 1. The van der Waals surface area contributed by atoms with Crippen LogP contribution in [0.1, 0.15) is 69.2 Å². The third-order valence-electron chi connectivity index (χ3n) is 9.26. The van der Waals surface area contributed by atoms with Crippen molar-refractivity contribution >= 4 is 0 Å². The van der Waals surface area contributed by atoms with Crippen LogP contribution in [0.25, 0.3) is 0 Å². The van der Waals surface area contributed by atoms with E-state index in [1.165, 1.54) is 0 Å². The van der Waals surface area contributed by atoms with Gasteiger partial charge in [0.05, 0.1) is 13.2 Å². The van der Waals surface area contributed by atoms with E-state index in [1.54, 1.807) is 0 Å². The molecule has 0 aromatic rings. The molecule has 0 saturated heterocycles. The zero-order valence-electron chi connectivity index (χ0n) is 29.7. The smallest absolute Gasteiger partial charge is 0.0558 e. The Morgan fingerprint density at radius 3 is 0.550 bits per heavy atom. The van der Waals surface area contributed by atoms with E-state index < -0.39 is 0 Å². The molecule has 2 fully saturated rings. The van der Waals surface area contributed by atoms with Crippen molar-refractivity contribution in [2.24, 2.45) is 59.2 Å². The first-order valence-electron chi connectivity index (χ1n) is 13.6. The standard InChI is InChI=1S/2C10H20.C5H13NO2.4CH4O.2CH3.2Ti/c2*1-6-7(2)9(4)10(5)8(6)3;1-6(2-4-7)3-5-8;4*1-2;;;;/h2*6-10H,1-5H3;7-8H,2-5H2,1H3;4*2H,1H3;2*1H3;;/q;;;;;;;2*-1;;. The van der Waals surface area contributed by atoms with Crippen LogP contribution in [0.5, 0.6) is 0 Å². The first-order valence-corrected chi connectivity index (χ1v) is 13.6. The summed E-state index contributed by atoms with van der Waals surface area (Å²) in [4.78, 5) is 1.86. The molecule has 0 unspecified atom stereocenters. The van der Waals surface area contributed by atoms with Gasteiger partial charge in [0.1, 0.15) is 0 Å². The number of hydrogen-bond donors (Lipinski definition) is 6. The zero-order valence-corrected chi connectivity index (χ0v) is 32.9. The van der Waals surface area contributed by atoms with E-state index in [0.29, 0.717) is 13.1 Å². The van der Waals surface area contributed by atoms with Crippen LogP contribution in [0.4, 0.5) is 0 Å². The summed E-state index contributed by atoms with van der Waals surface area (Å²) in [5, 5.41) is 44.7. The van der Waals surface area contributed by atoms with Crippen molar-refractivity contribution in [3.05, 3.63) is 14.9 Å². The van der Waals surface area contributed by atoms with Crippen LogP contribution >= 0.6 is 0 Å². The van der Waals surface area contributed by atoms with Crippen LogP contribution in [0.3, 0.4) is 0 Å². The number of aliphatic hydroxyl groups excluding tert-OH is 6. The summed E-state index contributed by atoms with van der Waals surface area (Å²) in [6.07, 6.45) is 0. The largest absolute Gasteiger partial charge is 0.400 e. The Kier molecular flexibility index (Phi) is 67.8. The minimum absolute atomic E-state index is 0. The summed E-state index contributed by atoms with van der Waals surface area (Å²) in [5.74, 6) is 9.35. The second-order valence-electron chi connectivity index (χ2n) is 10.3. The van der Waals surface area contributed by atoms with Crippen molar-refractivity contribution in [3.8, 4) is 0 Å². The molecule has 2 rings (SSSR count). The van der Waals surface area contributed by atoms with Crippen molar-refractivity contribution in [3.63, 3.8) is 0 Å². The molecule has 0 radical (unpaired) electrons. The number of likely N-dealkylation sites (N-methyl/N-ethyl adjacent to an activating group) is 1. The Labute approximate surface area is 282 Å². The predicted octanol–water partition coefficient (Wildman–Crippen LogP) is 4.59. The van der Waals surface area contributed by atoms with Gasteiger partial charge in [0.15, 0.2) is 0 Å². The quantitative estimate of drug-likeness (QED) is 0.194. The van der Waals surface area contributed by atoms with Crippen LogP contribution in [-0.2, 0) is 43.4 Å². The molecule has 0 atom stereocenters. The van der Waals surface area contributed by atoms with Crippen LogP contribution in [0.15, 0.2) is 0 Å². The Morgan fingerprint density at radius 1 is 0.375 bits per heavy atom. The average molecular weight is 654 g/mol. The number of rotatable bonds is 4. The molecule has 6 N–H and O–H groups in total. The minimum Gasteiger partial charge on any atom is -0.400 e. The van der Waals surface area contributed by atoms with Gasteiger partial charge in [0, 0.05) is 85.0 Å². The van der Waals surface area contributed by atoms with Gasteiger partial charge in [-0.15, -0.1) is 0 Å². The van der Waals surface area contributed by atoms with Crippen LogP contribution < -0.4 is 0 Å². The molecule has 2 aliphatic rings. The van der Waals surface area contributed by atoms with Crippen molar-refractivity contribution < 1.29 is 74.1 Å². The van der Waals surface area contributed by atoms with Gasteiger partial charge in [-0.05, 0) is 66.2 Å². The minimum atomic E-state index is 0. The van der Waals surface area contributed by atoms with Crippen molar-refractivity contribution in [1.82, 2.24) is 4.90 Å². The Balaban J connectivity index is -0.0000000439. The monoisotopic (exact) mass is 653 g/mol. The van der Waals surface area contributed by atoms with Crippen molar-refractivity contribution in [1.29, 1.82) is 0 Å². The molecule has 40 heavy (non-hydrogen) atoms. The normalized spacial score (nSPS) is 30.4. The zero-order chi connectivity index (χ0) is 30.2. The van der Waals surface area contributed by atoms with Gasteiger partial charge in [0.25, 0.3) is 0 Å². The summed E-state index contributed by atoms with van der Waals surface area (Å²) in [6.45, 7) is 25.6. The van der Waals surface area contributed by atoms with E-state index in [2.05, 4.69) is 69.2 Å². The van der Waals surface area contributed by atoms with E-state index in [9.17, 15) is 0 Å². The topological polar surface area (TPSA) is 125 Å². The maximum Gasteiger partial charge on any atom is 0.0558 e. The molecule has 0 heterocycles. The van der Waals surface area contributed by atoms with Gasteiger partial charge in [-0.3, -0.25) is 0 Å². The molecule has 0 aromatic carbocycles. The van der Waals surface area contributed by atoms with E-state index in [0.717, 1.165) is 87.6 Å². The first-order chi connectivity index (χ1) is 16.9. The molecule has 2 saturated carbocycles. The van der Waals surface area contributed by atoms with E-state index in [-0.39, 0.29) is 71.5 Å². The molecule has 0 amide bonds. The van der Waals surface area contributed by atoms with Crippen LogP contribution in [-0.4, -0.2) is 97.3 Å². The maximum absolute atomic E-state index is 8.34. The molecule has 0 aliphatic heterocycles. The fourth-order valence-corrected chi connectivity index (χ4v) is 5.24. The summed E-state index contributed by atoms with van der Waals surface area (Å²) >= 11 is 0. The van der Waals surface area contributed by atoms with Gasteiger partial charge in [0.2, 0.25) is 0 Å². The van der Waals surface area contributed by atoms with Gasteiger partial charge < -0.3 is 50.4 Å². The molecule has 0 bridgehead atoms. The van der Waals surface area contributed by atoms with Crippen LogP contribution in [0.2, 0.25) is 0 Å². The Bertz CT molecular complexity index is 302. The second kappa shape index (κ2) is 42.3. The molecule has 9 heteroatoms. The molecular weight excluding hydrogens is 578 g/mol. The fourth-order valence-electron chi connectivity index (χ4n) is 5.24. The number of hydrogen-bond acceptors (Lipinski definition) is 7. The molecule has 7 nitrogen and oxygen atoms in total. The number of aliphatic hydroxyl groups is 6.